The van der Waals surface area contributed by atoms with E-state index < -0.39 is 35.0 Å². The van der Waals surface area contributed by atoms with Crippen molar-refractivity contribution in [1.29, 1.82) is 0 Å². The van der Waals surface area contributed by atoms with Gasteiger partial charge in [-0.05, 0) is 37.5 Å². The maximum Gasteiger partial charge on any atom is 0.307 e. The summed E-state index contributed by atoms with van der Waals surface area (Å²) in [5.74, 6) is -3.01. The number of nitrogens with two attached hydrogens (primary N) is 1. The summed E-state index contributed by atoms with van der Waals surface area (Å²) >= 11 is 0. The second kappa shape index (κ2) is 6.14. The molecule has 7 heteroatoms. The highest BCUT2D eigenvalue weighted by Gasteiger charge is 2.65. The number of carboxylic acid groups (broad SMARTS) is 1. The molecule has 2 amide bonds. The second-order valence-electron chi connectivity index (χ2n) is 6.85. The largest absolute Gasteiger partial charge is 0.489 e. The Hall–Kier alpha value is -2.57. The van der Waals surface area contributed by atoms with Crippen LogP contribution in [-0.2, 0) is 9.59 Å². The predicted octanol–water partition coefficient (Wildman–Crippen LogP) is 1.87. The Bertz CT molecular complexity index is 696. The number of primary amides is 1. The Labute approximate surface area is 140 Å². The lowest BCUT2D eigenvalue weighted by Gasteiger charge is -2.16. The first-order valence-corrected chi connectivity index (χ1v) is 7.70. The van der Waals surface area contributed by atoms with E-state index in [1.807, 2.05) is 13.8 Å². The van der Waals surface area contributed by atoms with E-state index in [1.54, 1.807) is 19.9 Å². The van der Waals surface area contributed by atoms with E-state index in [1.165, 1.54) is 12.1 Å². The second-order valence-corrected chi connectivity index (χ2v) is 6.85. The number of hydrogen-bond acceptors (Lipinski definition) is 4. The quantitative estimate of drug-likeness (QED) is 0.734. The number of anilines is 1. The fourth-order valence-corrected chi connectivity index (χ4v) is 2.94. The molecule has 1 aromatic carbocycles. The minimum absolute atomic E-state index is 0.135. The molecule has 1 aromatic rings. The van der Waals surface area contributed by atoms with Gasteiger partial charge in [-0.3, -0.25) is 14.4 Å². The van der Waals surface area contributed by atoms with E-state index in [0.29, 0.717) is 11.4 Å². The van der Waals surface area contributed by atoms with Crippen LogP contribution in [0.25, 0.3) is 0 Å². The molecule has 1 saturated carbocycles. The highest BCUT2D eigenvalue weighted by Crippen LogP contribution is 2.58. The van der Waals surface area contributed by atoms with Crippen molar-refractivity contribution in [2.45, 2.75) is 33.8 Å². The van der Waals surface area contributed by atoms with Crippen molar-refractivity contribution in [3.8, 4) is 5.75 Å². The SMILES string of the molecule is CC(C)Oc1ccc(C(N)=O)cc1NC(=O)C1C(C(=O)O)C1(C)C. The molecule has 2 unspecified atom stereocenters. The van der Waals surface area contributed by atoms with Crippen LogP contribution in [0, 0.1) is 17.3 Å². The number of carbonyl (C=O) groups is 3. The molecule has 2 atom stereocenters. The van der Waals surface area contributed by atoms with Crippen LogP contribution in [0.3, 0.4) is 0 Å². The molecular weight excluding hydrogens is 312 g/mol. The van der Waals surface area contributed by atoms with Gasteiger partial charge in [0.15, 0.2) is 0 Å². The van der Waals surface area contributed by atoms with Gasteiger partial charge in [-0.2, -0.15) is 0 Å². The molecule has 7 nitrogen and oxygen atoms in total. The van der Waals surface area contributed by atoms with Crippen molar-refractivity contribution in [2.24, 2.45) is 23.0 Å². The van der Waals surface area contributed by atoms with Gasteiger partial charge >= 0.3 is 5.97 Å². The smallest absolute Gasteiger partial charge is 0.307 e. The standard InChI is InChI=1S/C17H22N2O5/c1-8(2)24-11-6-5-9(14(18)20)7-10(11)19-15(21)12-13(16(22)23)17(12,3)4/h5-8,12-13H,1-4H3,(H2,18,20)(H,19,21)(H,22,23). The fourth-order valence-electron chi connectivity index (χ4n) is 2.94. The first-order valence-electron chi connectivity index (χ1n) is 7.70. The molecule has 1 aliphatic carbocycles. The molecule has 1 fully saturated rings. The number of benzene rings is 1. The molecule has 0 spiro atoms. The third-order valence-electron chi connectivity index (χ3n) is 4.26. The van der Waals surface area contributed by atoms with Gasteiger partial charge in [-0.15, -0.1) is 0 Å². The van der Waals surface area contributed by atoms with Crippen LogP contribution < -0.4 is 15.8 Å². The summed E-state index contributed by atoms with van der Waals surface area (Å²) in [7, 11) is 0. The summed E-state index contributed by atoms with van der Waals surface area (Å²) in [6.45, 7) is 7.14. The van der Waals surface area contributed by atoms with E-state index in [0.717, 1.165) is 0 Å². The summed E-state index contributed by atoms with van der Waals surface area (Å²) in [5.41, 5.74) is 5.19. The van der Waals surface area contributed by atoms with Crippen LogP contribution in [0.15, 0.2) is 18.2 Å². The van der Waals surface area contributed by atoms with Crippen molar-refractivity contribution < 1.29 is 24.2 Å². The van der Waals surface area contributed by atoms with E-state index in [4.69, 9.17) is 10.5 Å². The van der Waals surface area contributed by atoms with Crippen LogP contribution in [0.1, 0.15) is 38.1 Å². The zero-order valence-electron chi connectivity index (χ0n) is 14.1. The van der Waals surface area contributed by atoms with Crippen LogP contribution in [0.2, 0.25) is 0 Å². The topological polar surface area (TPSA) is 119 Å². The van der Waals surface area contributed by atoms with Gasteiger partial charge in [0.25, 0.3) is 0 Å². The number of aliphatic carboxylic acids is 1. The first kappa shape index (κ1) is 17.8. The molecule has 0 heterocycles. The lowest BCUT2D eigenvalue weighted by molar-refractivity contribution is -0.140. The highest BCUT2D eigenvalue weighted by atomic mass is 16.5. The molecule has 1 aliphatic rings. The van der Waals surface area contributed by atoms with Crippen molar-refractivity contribution in [2.75, 3.05) is 5.32 Å². The summed E-state index contributed by atoms with van der Waals surface area (Å²) in [4.78, 5) is 35.1. The average molecular weight is 334 g/mol. The van der Waals surface area contributed by atoms with Gasteiger partial charge in [0.1, 0.15) is 5.75 Å². The maximum absolute atomic E-state index is 12.5. The normalized spacial score (nSPS) is 21.2. The molecular formula is C17H22N2O5. The summed E-state index contributed by atoms with van der Waals surface area (Å²) < 4.78 is 5.62. The summed E-state index contributed by atoms with van der Waals surface area (Å²) in [5, 5.41) is 11.9. The predicted molar refractivity (Wildman–Crippen MR) is 87.8 cm³/mol. The molecule has 0 saturated heterocycles. The number of carbonyl (C=O) groups excluding carboxylic acids is 2. The third kappa shape index (κ3) is 3.34. The van der Waals surface area contributed by atoms with Gasteiger partial charge in [0.2, 0.25) is 11.8 Å². The molecule has 0 radical (unpaired) electrons. The Morgan fingerprint density at radius 3 is 2.33 bits per heavy atom. The van der Waals surface area contributed by atoms with Crippen molar-refractivity contribution in [1.82, 2.24) is 0 Å². The number of amides is 2. The van der Waals surface area contributed by atoms with Crippen LogP contribution in [-0.4, -0.2) is 29.0 Å². The fraction of sp³-hybridized carbons (Fsp3) is 0.471. The van der Waals surface area contributed by atoms with Gasteiger partial charge in [-0.25, -0.2) is 0 Å². The lowest BCUT2D eigenvalue weighted by atomic mass is 10.1. The number of ether oxygens (including phenoxy) is 1. The Morgan fingerprint density at radius 2 is 1.88 bits per heavy atom. The van der Waals surface area contributed by atoms with E-state index in [2.05, 4.69) is 5.32 Å². The molecule has 0 aromatic heterocycles. The van der Waals surface area contributed by atoms with Crippen molar-refractivity contribution in [3.05, 3.63) is 23.8 Å². The van der Waals surface area contributed by atoms with Crippen molar-refractivity contribution in [3.63, 3.8) is 0 Å². The number of nitrogens with one attached hydrogen (secondary N) is 1. The van der Waals surface area contributed by atoms with Crippen molar-refractivity contribution >= 4 is 23.5 Å². The van der Waals surface area contributed by atoms with Gasteiger partial charge in [0.05, 0.1) is 23.6 Å². The minimum atomic E-state index is -0.996. The minimum Gasteiger partial charge on any atom is -0.489 e. The van der Waals surface area contributed by atoms with Crippen LogP contribution >= 0.6 is 0 Å². The van der Waals surface area contributed by atoms with Gasteiger partial charge in [-0.1, -0.05) is 13.8 Å². The number of rotatable bonds is 6. The van der Waals surface area contributed by atoms with Crippen LogP contribution in [0.4, 0.5) is 5.69 Å². The van der Waals surface area contributed by atoms with E-state index in [-0.39, 0.29) is 11.7 Å². The third-order valence-corrected chi connectivity index (χ3v) is 4.26. The molecule has 0 aliphatic heterocycles. The Kier molecular flexibility index (Phi) is 4.55. The van der Waals surface area contributed by atoms with E-state index in [9.17, 15) is 19.5 Å². The van der Waals surface area contributed by atoms with Gasteiger partial charge in [0, 0.05) is 5.56 Å². The Balaban J connectivity index is 2.27. The summed E-state index contributed by atoms with van der Waals surface area (Å²) in [6, 6.07) is 4.50. The zero-order valence-corrected chi connectivity index (χ0v) is 14.1. The molecule has 24 heavy (non-hydrogen) atoms. The monoisotopic (exact) mass is 334 g/mol. The molecule has 0 bridgehead atoms. The average Bonchev–Trinajstić information content (AvgIpc) is 3.03. The number of hydrogen-bond donors (Lipinski definition) is 3. The first-order chi connectivity index (χ1) is 11.1. The maximum atomic E-state index is 12.5. The molecule has 2 rings (SSSR count). The Morgan fingerprint density at radius 1 is 1.25 bits per heavy atom. The number of carboxylic acids is 1. The molecule has 130 valence electrons. The highest BCUT2D eigenvalue weighted by molar-refractivity contribution is 6.02. The van der Waals surface area contributed by atoms with Crippen LogP contribution in [0.5, 0.6) is 5.75 Å². The zero-order chi connectivity index (χ0) is 18.2. The van der Waals surface area contributed by atoms with E-state index >= 15 is 0 Å². The lowest BCUT2D eigenvalue weighted by Crippen LogP contribution is -2.20. The summed E-state index contributed by atoms with van der Waals surface area (Å²) in [6.07, 6.45) is -0.135. The molecule has 4 N–H and O–H groups in total. The van der Waals surface area contributed by atoms with Gasteiger partial charge < -0.3 is 20.9 Å².